The van der Waals surface area contributed by atoms with E-state index >= 15 is 0 Å². The molecule has 0 aliphatic heterocycles. The van der Waals surface area contributed by atoms with Gasteiger partial charge in [0.1, 0.15) is 11.0 Å². The van der Waals surface area contributed by atoms with E-state index in [1.54, 1.807) is 6.20 Å². The van der Waals surface area contributed by atoms with Gasteiger partial charge in [0.2, 0.25) is 0 Å². The van der Waals surface area contributed by atoms with E-state index < -0.39 is 5.60 Å². The molecular weight excluding hydrogens is 352 g/mol. The Bertz CT molecular complexity index is 744. The second-order valence-electron chi connectivity index (χ2n) is 7.03. The van der Waals surface area contributed by atoms with Gasteiger partial charge in [0.05, 0.1) is 17.9 Å². The lowest BCUT2D eigenvalue weighted by Gasteiger charge is -2.34. The van der Waals surface area contributed by atoms with Crippen LogP contribution in [-0.4, -0.2) is 45.0 Å². The zero-order valence-corrected chi connectivity index (χ0v) is 15.6. The zero-order chi connectivity index (χ0) is 18.6. The van der Waals surface area contributed by atoms with Crippen LogP contribution in [0.5, 0.6) is 0 Å². The van der Waals surface area contributed by atoms with E-state index in [9.17, 15) is 5.11 Å². The van der Waals surface area contributed by atoms with Crippen LogP contribution in [0.1, 0.15) is 32.6 Å². The smallest absolute Gasteiger partial charge is 0.131 e. The zero-order valence-electron chi connectivity index (χ0n) is 14.9. The molecule has 1 aliphatic carbocycles. The van der Waals surface area contributed by atoms with E-state index in [4.69, 9.17) is 16.7 Å². The van der Waals surface area contributed by atoms with Crippen LogP contribution in [0.3, 0.4) is 0 Å². The van der Waals surface area contributed by atoms with Gasteiger partial charge >= 0.3 is 0 Å². The predicted molar refractivity (Wildman–Crippen MR) is 105 cm³/mol. The Morgan fingerprint density at radius 1 is 1.31 bits per heavy atom. The fraction of sp³-hybridized carbons (Fsp3) is 0.474. The van der Waals surface area contributed by atoms with E-state index in [-0.39, 0.29) is 12.6 Å². The van der Waals surface area contributed by atoms with E-state index in [1.807, 2.05) is 31.2 Å². The first-order valence-corrected chi connectivity index (χ1v) is 9.31. The van der Waals surface area contributed by atoms with E-state index in [1.165, 1.54) is 0 Å². The fourth-order valence-corrected chi connectivity index (χ4v) is 3.38. The fourth-order valence-electron chi connectivity index (χ4n) is 3.22. The molecule has 3 rings (SSSR count). The molecule has 1 aliphatic rings. The van der Waals surface area contributed by atoms with Crippen molar-refractivity contribution in [2.45, 2.75) is 44.2 Å². The molecule has 2 aromatic rings. The summed E-state index contributed by atoms with van der Waals surface area (Å²) in [5, 5.41) is 26.2. The number of halogens is 1. The summed E-state index contributed by atoms with van der Waals surface area (Å²) in [6.45, 7) is 2.39. The van der Waals surface area contributed by atoms with Crippen LogP contribution < -0.4 is 10.6 Å². The Balaban J connectivity index is 1.82. The standard InChI is InChI=1S/C19H25ClN4O2/c1-19(26)7-5-13(6-8-19)23-16-11-17(20)22-12-14(16)15-3-2-4-18(24-15)21-9-10-25/h2-4,11-13,25-26H,5-10H2,1H3,(H,21,24)(H,22,23). The summed E-state index contributed by atoms with van der Waals surface area (Å²) in [6.07, 6.45) is 5.08. The van der Waals surface area contributed by atoms with Gasteiger partial charge in [0.25, 0.3) is 0 Å². The normalized spacial score (nSPS) is 22.8. The third-order valence-corrected chi connectivity index (χ3v) is 4.94. The number of anilines is 2. The molecule has 2 aromatic heterocycles. The number of nitrogens with one attached hydrogen (secondary N) is 2. The highest BCUT2D eigenvalue weighted by molar-refractivity contribution is 6.29. The van der Waals surface area contributed by atoms with Crippen LogP contribution in [0, 0.1) is 0 Å². The van der Waals surface area contributed by atoms with Crippen LogP contribution in [0.15, 0.2) is 30.5 Å². The lowest BCUT2D eigenvalue weighted by atomic mass is 9.83. The van der Waals surface area contributed by atoms with Crippen molar-refractivity contribution in [1.82, 2.24) is 9.97 Å². The molecule has 0 aromatic carbocycles. The molecule has 0 amide bonds. The van der Waals surface area contributed by atoms with Crippen LogP contribution in [-0.2, 0) is 0 Å². The lowest BCUT2D eigenvalue weighted by Crippen LogP contribution is -2.35. The van der Waals surface area contributed by atoms with Crippen molar-refractivity contribution < 1.29 is 10.2 Å². The summed E-state index contributed by atoms with van der Waals surface area (Å²) in [7, 11) is 0. The third-order valence-electron chi connectivity index (χ3n) is 4.74. The van der Waals surface area contributed by atoms with Crippen molar-refractivity contribution in [1.29, 1.82) is 0 Å². The summed E-state index contributed by atoms with van der Waals surface area (Å²) in [5.74, 6) is 0.700. The molecule has 0 radical (unpaired) electrons. The van der Waals surface area contributed by atoms with Crippen molar-refractivity contribution in [2.75, 3.05) is 23.8 Å². The Morgan fingerprint density at radius 3 is 2.81 bits per heavy atom. The highest BCUT2D eigenvalue weighted by Gasteiger charge is 2.29. The highest BCUT2D eigenvalue weighted by Crippen LogP contribution is 2.33. The Labute approximate surface area is 158 Å². The summed E-state index contributed by atoms with van der Waals surface area (Å²) in [6, 6.07) is 7.80. The summed E-state index contributed by atoms with van der Waals surface area (Å²) in [5.41, 5.74) is 1.98. The molecule has 6 nitrogen and oxygen atoms in total. The molecule has 140 valence electrons. The van der Waals surface area contributed by atoms with Gasteiger partial charge < -0.3 is 20.8 Å². The number of nitrogens with zero attached hydrogens (tertiary/aromatic N) is 2. The first-order chi connectivity index (χ1) is 12.5. The van der Waals surface area contributed by atoms with E-state index in [0.717, 1.165) is 42.6 Å². The number of hydrogen-bond donors (Lipinski definition) is 4. The number of aliphatic hydroxyl groups is 2. The summed E-state index contributed by atoms with van der Waals surface area (Å²) in [4.78, 5) is 8.81. The van der Waals surface area contributed by atoms with Gasteiger partial charge in [-0.05, 0) is 50.8 Å². The van der Waals surface area contributed by atoms with Gasteiger partial charge in [-0.1, -0.05) is 17.7 Å². The van der Waals surface area contributed by atoms with Gasteiger partial charge in [0.15, 0.2) is 0 Å². The van der Waals surface area contributed by atoms with E-state index in [2.05, 4.69) is 20.6 Å². The van der Waals surface area contributed by atoms with Gasteiger partial charge in [-0.15, -0.1) is 0 Å². The van der Waals surface area contributed by atoms with Gasteiger partial charge in [0, 0.05) is 30.0 Å². The predicted octanol–water partition coefficient (Wildman–Crippen LogP) is 3.31. The van der Waals surface area contributed by atoms with E-state index in [0.29, 0.717) is 17.5 Å². The topological polar surface area (TPSA) is 90.3 Å². The molecule has 0 saturated heterocycles. The number of hydrogen-bond acceptors (Lipinski definition) is 6. The highest BCUT2D eigenvalue weighted by atomic mass is 35.5. The Morgan fingerprint density at radius 2 is 2.08 bits per heavy atom. The lowest BCUT2D eigenvalue weighted by molar-refractivity contribution is 0.0196. The van der Waals surface area contributed by atoms with Crippen molar-refractivity contribution in [3.63, 3.8) is 0 Å². The average Bonchev–Trinajstić information content (AvgIpc) is 2.62. The van der Waals surface area contributed by atoms with Crippen LogP contribution in [0.4, 0.5) is 11.5 Å². The Kier molecular flexibility index (Phi) is 5.96. The van der Waals surface area contributed by atoms with Crippen molar-refractivity contribution in [2.24, 2.45) is 0 Å². The average molecular weight is 377 g/mol. The molecule has 1 saturated carbocycles. The molecular formula is C19H25ClN4O2. The van der Waals surface area contributed by atoms with Crippen LogP contribution in [0.25, 0.3) is 11.3 Å². The van der Waals surface area contributed by atoms with Gasteiger partial charge in [-0.25, -0.2) is 9.97 Å². The third kappa shape index (κ3) is 4.84. The maximum absolute atomic E-state index is 10.1. The minimum atomic E-state index is -0.564. The first-order valence-electron chi connectivity index (χ1n) is 8.93. The van der Waals surface area contributed by atoms with Crippen molar-refractivity contribution >= 4 is 23.1 Å². The summed E-state index contributed by atoms with van der Waals surface area (Å²) < 4.78 is 0. The molecule has 2 heterocycles. The van der Waals surface area contributed by atoms with Gasteiger partial charge in [-0.3, -0.25) is 0 Å². The van der Waals surface area contributed by atoms with Crippen LogP contribution in [0.2, 0.25) is 5.15 Å². The number of rotatable bonds is 6. The van der Waals surface area contributed by atoms with Gasteiger partial charge in [-0.2, -0.15) is 0 Å². The quantitative estimate of drug-likeness (QED) is 0.578. The minimum absolute atomic E-state index is 0.0483. The SMILES string of the molecule is CC1(O)CCC(Nc2cc(Cl)ncc2-c2cccc(NCCO)n2)CC1. The largest absolute Gasteiger partial charge is 0.395 e. The molecule has 0 atom stereocenters. The maximum atomic E-state index is 10.1. The maximum Gasteiger partial charge on any atom is 0.131 e. The number of aromatic nitrogens is 2. The molecule has 7 heteroatoms. The minimum Gasteiger partial charge on any atom is -0.395 e. The number of pyridine rings is 2. The molecule has 1 fully saturated rings. The first kappa shape index (κ1) is 18.9. The summed E-state index contributed by atoms with van der Waals surface area (Å²) >= 11 is 6.12. The molecule has 0 unspecified atom stereocenters. The van der Waals surface area contributed by atoms with Crippen molar-refractivity contribution in [3.8, 4) is 11.3 Å². The molecule has 26 heavy (non-hydrogen) atoms. The molecule has 0 spiro atoms. The monoisotopic (exact) mass is 376 g/mol. The number of aliphatic hydroxyl groups excluding tert-OH is 1. The second kappa shape index (κ2) is 8.20. The van der Waals surface area contributed by atoms with Crippen LogP contribution >= 0.6 is 11.6 Å². The molecule has 4 N–H and O–H groups in total. The second-order valence-corrected chi connectivity index (χ2v) is 7.41. The van der Waals surface area contributed by atoms with Crippen molar-refractivity contribution in [3.05, 3.63) is 35.6 Å². The molecule has 0 bridgehead atoms. The Hall–Kier alpha value is -1.89.